The van der Waals surface area contributed by atoms with Crippen LogP contribution in [0.3, 0.4) is 0 Å². The van der Waals surface area contributed by atoms with Gasteiger partial charge in [0.2, 0.25) is 0 Å². The third kappa shape index (κ3) is 5.49. The molecule has 322 valence electrons. The van der Waals surface area contributed by atoms with Gasteiger partial charge in [0.05, 0.1) is 67.5 Å². The van der Waals surface area contributed by atoms with Gasteiger partial charge in [-0.15, -0.1) is 0 Å². The Bertz CT molecular complexity index is 4060. The van der Waals surface area contributed by atoms with Gasteiger partial charge >= 0.3 is 0 Å². The van der Waals surface area contributed by atoms with E-state index in [1.807, 2.05) is 48.5 Å². The van der Waals surface area contributed by atoms with Crippen molar-refractivity contribution in [2.45, 2.75) is 39.5 Å². The average molecular weight is 875 g/mol. The predicted molar refractivity (Wildman–Crippen MR) is 278 cm³/mol. The lowest BCUT2D eigenvalue weighted by Crippen LogP contribution is -2.15. The molecule has 9 aromatic carbocycles. The highest BCUT2D eigenvalue weighted by molar-refractivity contribution is 6.26. The van der Waals surface area contributed by atoms with E-state index in [0.717, 1.165) is 132 Å². The fourth-order valence-corrected chi connectivity index (χ4v) is 11.3. The standard InChI is InChI=1S/C62H42N4O2/c1-35(2)53-55(39-25-21-37(33-63)22-26-39)59(65-47-17-9-5-15-45(47)57-49(65)31-29-43-41-13-7-11-19-51(41)67-61(43)57)54(36(3)4)60(56(53)40-27-23-38(34-64)24-28-40)66-48-18-10-6-16-46(48)58-50(66)32-30-44-42-14-8-12-20-52(42)68-62(44)58/h5-32,35-36H,1-4H3. The van der Waals surface area contributed by atoms with Crippen LogP contribution < -0.4 is 0 Å². The number of aromatic nitrogens is 2. The molecule has 0 saturated heterocycles. The number of nitrogens with zero attached hydrogens (tertiary/aromatic N) is 4. The number of para-hydroxylation sites is 4. The van der Waals surface area contributed by atoms with Crippen LogP contribution in [0.4, 0.5) is 0 Å². The molecule has 0 atom stereocenters. The maximum atomic E-state index is 10.1. The number of benzene rings is 9. The summed E-state index contributed by atoms with van der Waals surface area (Å²) in [6, 6.07) is 63.9. The normalized spacial score (nSPS) is 12.1. The molecule has 4 aromatic heterocycles. The lowest BCUT2D eigenvalue weighted by Gasteiger charge is -2.32. The summed E-state index contributed by atoms with van der Waals surface area (Å²) in [5, 5.41) is 28.8. The first-order valence-corrected chi connectivity index (χ1v) is 23.3. The van der Waals surface area contributed by atoms with E-state index >= 15 is 0 Å². The fourth-order valence-electron chi connectivity index (χ4n) is 11.3. The molecular weight excluding hydrogens is 833 g/mol. The van der Waals surface area contributed by atoms with Crippen LogP contribution >= 0.6 is 0 Å². The minimum atomic E-state index is -0.0345. The van der Waals surface area contributed by atoms with Gasteiger partial charge in [0, 0.05) is 49.0 Å². The van der Waals surface area contributed by atoms with Crippen LogP contribution in [0.5, 0.6) is 0 Å². The van der Waals surface area contributed by atoms with Crippen molar-refractivity contribution in [2.24, 2.45) is 0 Å². The van der Waals surface area contributed by atoms with Gasteiger partial charge in [-0.05, 0) is 101 Å². The van der Waals surface area contributed by atoms with Crippen LogP contribution in [-0.2, 0) is 0 Å². The van der Waals surface area contributed by atoms with Crippen LogP contribution in [0.2, 0.25) is 0 Å². The topological polar surface area (TPSA) is 83.7 Å². The van der Waals surface area contributed by atoms with E-state index < -0.39 is 0 Å². The van der Waals surface area contributed by atoms with Gasteiger partial charge in [-0.2, -0.15) is 10.5 Å². The zero-order chi connectivity index (χ0) is 45.9. The molecule has 0 bridgehead atoms. The molecule has 0 unspecified atom stereocenters. The Morgan fingerprint density at radius 2 is 0.765 bits per heavy atom. The molecule has 0 aliphatic carbocycles. The second kappa shape index (κ2) is 14.8. The van der Waals surface area contributed by atoms with Crippen molar-refractivity contribution in [2.75, 3.05) is 0 Å². The van der Waals surface area contributed by atoms with Crippen molar-refractivity contribution in [3.05, 3.63) is 192 Å². The third-order valence-electron chi connectivity index (χ3n) is 14.1. The van der Waals surface area contributed by atoms with Gasteiger partial charge in [-0.3, -0.25) is 0 Å². The molecule has 0 radical (unpaired) electrons. The van der Waals surface area contributed by atoms with Gasteiger partial charge in [-0.25, -0.2) is 0 Å². The summed E-state index contributed by atoms with van der Waals surface area (Å²) in [6.07, 6.45) is 0. The summed E-state index contributed by atoms with van der Waals surface area (Å²) in [5.41, 5.74) is 17.4. The smallest absolute Gasteiger partial charge is 0.145 e. The molecule has 6 heteroatoms. The monoisotopic (exact) mass is 874 g/mol. The molecule has 0 aliphatic rings. The van der Waals surface area contributed by atoms with Crippen LogP contribution in [0.1, 0.15) is 61.8 Å². The highest BCUT2D eigenvalue weighted by Gasteiger charge is 2.34. The fraction of sp³-hybridized carbons (Fsp3) is 0.0968. The molecule has 6 nitrogen and oxygen atoms in total. The van der Waals surface area contributed by atoms with Crippen molar-refractivity contribution in [3.8, 4) is 45.8 Å². The first-order chi connectivity index (χ1) is 33.3. The maximum Gasteiger partial charge on any atom is 0.145 e. The van der Waals surface area contributed by atoms with Gasteiger partial charge in [-0.1, -0.05) is 125 Å². The van der Waals surface area contributed by atoms with Crippen LogP contribution in [0, 0.1) is 22.7 Å². The number of hydrogen-bond donors (Lipinski definition) is 0. The molecule has 13 aromatic rings. The average Bonchev–Trinajstić information content (AvgIpc) is 4.13. The Kier molecular flexibility index (Phi) is 8.62. The second-order valence-electron chi connectivity index (χ2n) is 18.5. The molecule has 0 spiro atoms. The molecule has 68 heavy (non-hydrogen) atoms. The number of nitriles is 2. The van der Waals surface area contributed by atoms with Crippen molar-refractivity contribution >= 4 is 87.5 Å². The van der Waals surface area contributed by atoms with Crippen molar-refractivity contribution < 1.29 is 8.83 Å². The van der Waals surface area contributed by atoms with Gasteiger partial charge in [0.1, 0.15) is 22.3 Å². The summed E-state index contributed by atoms with van der Waals surface area (Å²) in [7, 11) is 0. The molecule has 0 N–H and O–H groups in total. The summed E-state index contributed by atoms with van der Waals surface area (Å²) < 4.78 is 18.7. The Morgan fingerprint density at radius 1 is 0.382 bits per heavy atom. The van der Waals surface area contributed by atoms with E-state index in [2.05, 4.69) is 170 Å². The van der Waals surface area contributed by atoms with Crippen LogP contribution in [0.15, 0.2) is 179 Å². The highest BCUT2D eigenvalue weighted by Crippen LogP contribution is 2.54. The van der Waals surface area contributed by atoms with E-state index in [4.69, 9.17) is 8.83 Å². The maximum absolute atomic E-state index is 10.1. The largest absolute Gasteiger partial charge is 0.455 e. The second-order valence-corrected chi connectivity index (χ2v) is 18.5. The summed E-state index contributed by atoms with van der Waals surface area (Å²) in [4.78, 5) is 0. The summed E-state index contributed by atoms with van der Waals surface area (Å²) in [6.45, 7) is 9.18. The molecule has 0 aliphatic heterocycles. The van der Waals surface area contributed by atoms with E-state index in [0.29, 0.717) is 11.1 Å². The molecule has 4 heterocycles. The highest BCUT2D eigenvalue weighted by atomic mass is 16.3. The van der Waals surface area contributed by atoms with E-state index in [1.165, 1.54) is 0 Å². The number of fused-ring (bicyclic) bond motifs is 14. The Balaban J connectivity index is 1.30. The number of rotatable bonds is 6. The first kappa shape index (κ1) is 39.5. The van der Waals surface area contributed by atoms with E-state index in [9.17, 15) is 10.5 Å². The van der Waals surface area contributed by atoms with Gasteiger partial charge < -0.3 is 18.0 Å². The first-order valence-electron chi connectivity index (χ1n) is 23.3. The molecule has 0 saturated carbocycles. The van der Waals surface area contributed by atoms with Gasteiger partial charge in [0.15, 0.2) is 0 Å². The zero-order valence-corrected chi connectivity index (χ0v) is 37.9. The number of hydrogen-bond acceptors (Lipinski definition) is 4. The van der Waals surface area contributed by atoms with Gasteiger partial charge in [0.25, 0.3) is 0 Å². The minimum absolute atomic E-state index is 0.00432. The Labute approximate surface area is 391 Å². The third-order valence-corrected chi connectivity index (χ3v) is 14.1. The molecular formula is C62H42N4O2. The number of furan rings is 2. The van der Waals surface area contributed by atoms with Crippen LogP contribution in [0.25, 0.3) is 121 Å². The molecule has 0 amide bonds. The molecule has 0 fully saturated rings. The molecule has 13 rings (SSSR count). The Hall–Kier alpha value is -8.84. The lowest BCUT2D eigenvalue weighted by molar-refractivity contribution is 0.672. The summed E-state index contributed by atoms with van der Waals surface area (Å²) in [5.74, 6) is -0.0388. The minimum Gasteiger partial charge on any atom is -0.455 e. The quantitative estimate of drug-likeness (QED) is 0.167. The van der Waals surface area contributed by atoms with Crippen molar-refractivity contribution in [1.82, 2.24) is 9.13 Å². The van der Waals surface area contributed by atoms with E-state index in [-0.39, 0.29) is 11.8 Å². The lowest BCUT2D eigenvalue weighted by atomic mass is 9.78. The van der Waals surface area contributed by atoms with Crippen molar-refractivity contribution in [1.29, 1.82) is 10.5 Å². The van der Waals surface area contributed by atoms with Crippen LogP contribution in [-0.4, -0.2) is 9.13 Å². The predicted octanol–water partition coefficient (Wildman–Crippen LogP) is 17.0. The van der Waals surface area contributed by atoms with Crippen molar-refractivity contribution in [3.63, 3.8) is 0 Å². The Morgan fingerprint density at radius 3 is 1.16 bits per heavy atom. The zero-order valence-electron chi connectivity index (χ0n) is 37.9. The SMILES string of the molecule is CC(C)c1c(-c2ccc(C#N)cc2)c(-n2c3ccccc3c3c4oc5ccccc5c4ccc32)c(C(C)C)c(-n2c3ccccc3c3c4oc5ccccc5c4ccc32)c1-c1ccc(C#N)cc1. The van der Waals surface area contributed by atoms with E-state index in [1.54, 1.807) is 0 Å². The summed E-state index contributed by atoms with van der Waals surface area (Å²) >= 11 is 0.